The number of aromatic nitrogens is 2. The molecule has 0 saturated heterocycles. The summed E-state index contributed by atoms with van der Waals surface area (Å²) >= 11 is 1.59. The summed E-state index contributed by atoms with van der Waals surface area (Å²) in [5.41, 5.74) is 3.57. The van der Waals surface area contributed by atoms with Crippen molar-refractivity contribution in [2.45, 2.75) is 39.7 Å². The molecule has 0 atom stereocenters. The minimum Gasteiger partial charge on any atom is -0.298 e. The number of thiazole rings is 1. The fourth-order valence-electron chi connectivity index (χ4n) is 3.42. The molecular weight excluding hydrogens is 356 g/mol. The van der Waals surface area contributed by atoms with Crippen LogP contribution in [0.4, 0.5) is 5.13 Å². The second-order valence-electron chi connectivity index (χ2n) is 7.23. The van der Waals surface area contributed by atoms with Gasteiger partial charge in [0.2, 0.25) is 0 Å². The Bertz CT molecular complexity index is 995. The lowest BCUT2D eigenvalue weighted by Crippen LogP contribution is -2.29. The maximum atomic E-state index is 13.1. The molecule has 27 heavy (non-hydrogen) atoms. The van der Waals surface area contributed by atoms with Gasteiger partial charge in [-0.3, -0.25) is 20.0 Å². The standard InChI is InChI=1S/C21H24N4OS/c1-4-25-10-9-17-19(12-25)27-21(23-17)24-20(26)15-11-18(13(2)3)22-16-8-6-5-7-14(15)16/h5-8,11,13H,4,9-10,12H2,1-3H3,(H,23,24,26). The average Bonchev–Trinajstić information content (AvgIpc) is 3.08. The van der Waals surface area contributed by atoms with E-state index in [1.165, 1.54) is 4.88 Å². The first-order chi connectivity index (χ1) is 13.0. The molecule has 3 aromatic rings. The number of carbonyl (C=O) groups is 1. The largest absolute Gasteiger partial charge is 0.298 e. The quantitative estimate of drug-likeness (QED) is 0.727. The minimum atomic E-state index is -0.117. The summed E-state index contributed by atoms with van der Waals surface area (Å²) < 4.78 is 0. The molecule has 1 amide bonds. The van der Waals surface area contributed by atoms with Crippen LogP contribution in [0, 0.1) is 0 Å². The summed E-state index contributed by atoms with van der Waals surface area (Å²) in [5.74, 6) is 0.141. The molecule has 2 aromatic heterocycles. The summed E-state index contributed by atoms with van der Waals surface area (Å²) in [6.07, 6.45) is 0.950. The number of carbonyl (C=O) groups excluding carboxylic acids is 1. The van der Waals surface area contributed by atoms with Crippen molar-refractivity contribution in [1.29, 1.82) is 0 Å². The van der Waals surface area contributed by atoms with Gasteiger partial charge < -0.3 is 0 Å². The molecule has 0 aliphatic carbocycles. The lowest BCUT2D eigenvalue weighted by molar-refractivity contribution is 0.102. The molecule has 6 heteroatoms. The second kappa shape index (κ2) is 7.37. The third-order valence-corrected chi connectivity index (χ3v) is 6.05. The number of fused-ring (bicyclic) bond motifs is 2. The number of anilines is 1. The van der Waals surface area contributed by atoms with Crippen LogP contribution in [0.3, 0.4) is 0 Å². The van der Waals surface area contributed by atoms with Crippen LogP contribution in [0.5, 0.6) is 0 Å². The van der Waals surface area contributed by atoms with Crippen LogP contribution in [0.15, 0.2) is 30.3 Å². The number of nitrogens with zero attached hydrogens (tertiary/aromatic N) is 3. The van der Waals surface area contributed by atoms with E-state index in [-0.39, 0.29) is 11.8 Å². The number of hydrogen-bond acceptors (Lipinski definition) is 5. The molecule has 1 aliphatic heterocycles. The number of nitrogens with one attached hydrogen (secondary N) is 1. The lowest BCUT2D eigenvalue weighted by Gasteiger charge is -2.23. The highest BCUT2D eigenvalue weighted by atomic mass is 32.1. The molecule has 3 heterocycles. The fraction of sp³-hybridized carbons (Fsp3) is 0.381. The van der Waals surface area contributed by atoms with Crippen molar-refractivity contribution >= 4 is 33.3 Å². The summed E-state index contributed by atoms with van der Waals surface area (Å²) in [4.78, 5) is 26.1. The Morgan fingerprint density at radius 3 is 2.89 bits per heavy atom. The molecule has 0 fully saturated rings. The Labute approximate surface area is 163 Å². The van der Waals surface area contributed by atoms with Gasteiger partial charge in [0.25, 0.3) is 5.91 Å². The zero-order chi connectivity index (χ0) is 19.0. The molecule has 4 rings (SSSR count). The van der Waals surface area contributed by atoms with Gasteiger partial charge in [-0.1, -0.05) is 39.0 Å². The van der Waals surface area contributed by atoms with E-state index in [4.69, 9.17) is 4.98 Å². The van der Waals surface area contributed by atoms with Gasteiger partial charge in [0.15, 0.2) is 5.13 Å². The van der Waals surface area contributed by atoms with Gasteiger partial charge in [0.05, 0.1) is 16.8 Å². The molecule has 1 N–H and O–H groups in total. The van der Waals surface area contributed by atoms with E-state index >= 15 is 0 Å². The monoisotopic (exact) mass is 380 g/mol. The molecule has 0 spiro atoms. The molecular formula is C21H24N4OS. The summed E-state index contributed by atoms with van der Waals surface area (Å²) in [5, 5.41) is 4.59. The van der Waals surface area contributed by atoms with E-state index in [9.17, 15) is 4.79 Å². The van der Waals surface area contributed by atoms with Crippen LogP contribution in [0.25, 0.3) is 10.9 Å². The SMILES string of the molecule is CCN1CCc2nc(NC(=O)c3cc(C(C)C)nc4ccccc34)sc2C1. The molecule has 140 valence electrons. The first-order valence-electron chi connectivity index (χ1n) is 9.47. The first kappa shape index (κ1) is 18.1. The molecule has 5 nitrogen and oxygen atoms in total. The van der Waals surface area contributed by atoms with E-state index in [1.807, 2.05) is 30.3 Å². The highest BCUT2D eigenvalue weighted by molar-refractivity contribution is 7.15. The molecule has 0 saturated carbocycles. The van der Waals surface area contributed by atoms with Gasteiger partial charge >= 0.3 is 0 Å². The van der Waals surface area contributed by atoms with Crippen molar-refractivity contribution in [2.75, 3.05) is 18.4 Å². The predicted octanol–water partition coefficient (Wildman–Crippen LogP) is 4.45. The maximum absolute atomic E-state index is 13.1. The Kier molecular flexibility index (Phi) is 4.93. The molecule has 1 aliphatic rings. The number of hydrogen-bond donors (Lipinski definition) is 1. The van der Waals surface area contributed by atoms with Crippen molar-refractivity contribution in [3.8, 4) is 0 Å². The van der Waals surface area contributed by atoms with Crippen LogP contribution in [0.1, 0.15) is 53.3 Å². The predicted molar refractivity (Wildman–Crippen MR) is 111 cm³/mol. The number of likely N-dealkylation sites (N-methyl/N-ethyl adjacent to an activating group) is 1. The van der Waals surface area contributed by atoms with E-state index < -0.39 is 0 Å². The van der Waals surface area contributed by atoms with Gasteiger partial charge in [0, 0.05) is 35.5 Å². The molecule has 0 unspecified atom stereocenters. The Morgan fingerprint density at radius 2 is 2.11 bits per heavy atom. The zero-order valence-corrected chi connectivity index (χ0v) is 16.8. The normalized spacial score (nSPS) is 14.5. The Hall–Kier alpha value is -2.31. The average molecular weight is 381 g/mol. The minimum absolute atomic E-state index is 0.117. The number of amides is 1. The number of pyridine rings is 1. The van der Waals surface area contributed by atoms with Gasteiger partial charge in [-0.25, -0.2) is 4.98 Å². The fourth-order valence-corrected chi connectivity index (χ4v) is 4.46. The van der Waals surface area contributed by atoms with Gasteiger partial charge in [-0.15, -0.1) is 11.3 Å². The summed E-state index contributed by atoms with van der Waals surface area (Å²) in [7, 11) is 0. The van der Waals surface area contributed by atoms with Crippen LogP contribution in [-0.4, -0.2) is 33.9 Å². The van der Waals surface area contributed by atoms with Crippen LogP contribution in [0.2, 0.25) is 0 Å². The molecule has 0 radical (unpaired) electrons. The summed E-state index contributed by atoms with van der Waals surface area (Å²) in [6.45, 7) is 9.36. The van der Waals surface area contributed by atoms with E-state index in [1.54, 1.807) is 11.3 Å². The van der Waals surface area contributed by atoms with E-state index in [0.29, 0.717) is 10.7 Å². The number of rotatable bonds is 4. The van der Waals surface area contributed by atoms with Crippen molar-refractivity contribution in [2.24, 2.45) is 0 Å². The first-order valence-corrected chi connectivity index (χ1v) is 10.3. The van der Waals surface area contributed by atoms with E-state index in [2.05, 4.69) is 36.0 Å². The Morgan fingerprint density at radius 1 is 1.30 bits per heavy atom. The van der Waals surface area contributed by atoms with Crippen molar-refractivity contribution in [3.63, 3.8) is 0 Å². The van der Waals surface area contributed by atoms with Crippen LogP contribution >= 0.6 is 11.3 Å². The van der Waals surface area contributed by atoms with Crippen LogP contribution in [-0.2, 0) is 13.0 Å². The number of benzene rings is 1. The Balaban J connectivity index is 1.65. The van der Waals surface area contributed by atoms with Gasteiger partial charge in [-0.05, 0) is 24.6 Å². The molecule has 1 aromatic carbocycles. The van der Waals surface area contributed by atoms with Crippen LogP contribution < -0.4 is 5.32 Å². The van der Waals surface area contributed by atoms with Crippen molar-refractivity contribution in [3.05, 3.63) is 52.2 Å². The van der Waals surface area contributed by atoms with Gasteiger partial charge in [-0.2, -0.15) is 0 Å². The topological polar surface area (TPSA) is 58.1 Å². The second-order valence-corrected chi connectivity index (χ2v) is 8.31. The van der Waals surface area contributed by atoms with Gasteiger partial charge in [0.1, 0.15) is 0 Å². The highest BCUT2D eigenvalue weighted by Gasteiger charge is 2.21. The van der Waals surface area contributed by atoms with E-state index in [0.717, 1.165) is 48.3 Å². The third-order valence-electron chi connectivity index (χ3n) is 5.05. The third kappa shape index (κ3) is 3.59. The molecule has 0 bridgehead atoms. The van der Waals surface area contributed by atoms with Crippen molar-refractivity contribution in [1.82, 2.24) is 14.9 Å². The highest BCUT2D eigenvalue weighted by Crippen LogP contribution is 2.29. The maximum Gasteiger partial charge on any atom is 0.258 e. The van der Waals surface area contributed by atoms with Crippen molar-refractivity contribution < 1.29 is 4.79 Å². The zero-order valence-electron chi connectivity index (χ0n) is 16.0. The summed E-state index contributed by atoms with van der Waals surface area (Å²) in [6, 6.07) is 9.72. The lowest BCUT2D eigenvalue weighted by atomic mass is 10.0. The number of para-hydroxylation sites is 1. The smallest absolute Gasteiger partial charge is 0.258 e.